The zero-order chi connectivity index (χ0) is 7.65. The van der Waals surface area contributed by atoms with E-state index in [9.17, 15) is 18.0 Å². The third-order valence-electron chi connectivity index (χ3n) is 0.693. The first-order chi connectivity index (χ1) is 3.85. The van der Waals surface area contributed by atoms with E-state index in [2.05, 4.69) is 5.73 Å². The molecule has 0 bridgehead atoms. The fourth-order valence-electron chi connectivity index (χ4n) is 0.258. The normalized spacial score (nSPS) is 15.2. The second kappa shape index (κ2) is 2.34. The predicted octanol–water partition coefficient (Wildman–Crippen LogP) is 0.465. The van der Waals surface area contributed by atoms with Gasteiger partial charge in [-0.05, 0) is 6.92 Å². The van der Waals surface area contributed by atoms with Gasteiger partial charge in [-0.3, -0.25) is 4.79 Å². The number of carbonyl (C=O) groups excluding carboxylic acids is 1. The topological polar surface area (TPSA) is 43.1 Å². The van der Waals surface area contributed by atoms with Crippen molar-refractivity contribution in [1.29, 1.82) is 0 Å². The maximum Gasteiger partial charge on any atom is 0.451 e. The standard InChI is InChI=1S/C4H6F3NO/c1-2(8)3(9)4(5,6)7/h2H,8H2,1H3. The molecule has 0 spiro atoms. The molecule has 0 aromatic rings. The molecular weight excluding hydrogens is 135 g/mol. The van der Waals surface area contributed by atoms with Crippen LogP contribution in [0, 0.1) is 0 Å². The van der Waals surface area contributed by atoms with Gasteiger partial charge in [0.2, 0.25) is 0 Å². The van der Waals surface area contributed by atoms with Gasteiger partial charge in [0.05, 0.1) is 6.04 Å². The minimum Gasteiger partial charge on any atom is -0.321 e. The number of nitrogens with two attached hydrogens (primary N) is 1. The second-order valence-corrected chi connectivity index (χ2v) is 1.65. The molecule has 54 valence electrons. The first-order valence-electron chi connectivity index (χ1n) is 2.22. The molecule has 5 heteroatoms. The van der Waals surface area contributed by atoms with Crippen LogP contribution in [-0.4, -0.2) is 18.0 Å². The molecule has 0 saturated carbocycles. The highest BCUT2D eigenvalue weighted by molar-refractivity contribution is 5.88. The number of ketones is 1. The summed E-state index contributed by atoms with van der Waals surface area (Å²) in [5.74, 6) is -1.89. The molecule has 0 fully saturated rings. The van der Waals surface area contributed by atoms with E-state index in [1.807, 2.05) is 0 Å². The van der Waals surface area contributed by atoms with Crippen molar-refractivity contribution in [3.8, 4) is 0 Å². The van der Waals surface area contributed by atoms with E-state index in [0.717, 1.165) is 6.92 Å². The van der Waals surface area contributed by atoms with Crippen LogP contribution >= 0.6 is 0 Å². The Morgan fingerprint density at radius 3 is 1.89 bits per heavy atom. The minimum atomic E-state index is -4.78. The number of hydrogen-bond acceptors (Lipinski definition) is 2. The van der Waals surface area contributed by atoms with Crippen LogP contribution in [0.15, 0.2) is 0 Å². The summed E-state index contributed by atoms with van der Waals surface area (Å²) < 4.78 is 33.8. The Kier molecular flexibility index (Phi) is 2.19. The summed E-state index contributed by atoms with van der Waals surface area (Å²) in [4.78, 5) is 9.91. The van der Waals surface area contributed by atoms with Crippen LogP contribution in [0.3, 0.4) is 0 Å². The van der Waals surface area contributed by atoms with Gasteiger partial charge in [-0.2, -0.15) is 13.2 Å². The molecule has 0 aliphatic carbocycles. The van der Waals surface area contributed by atoms with Gasteiger partial charge in [0.25, 0.3) is 5.78 Å². The van der Waals surface area contributed by atoms with Crippen molar-refractivity contribution >= 4 is 5.78 Å². The summed E-state index contributed by atoms with van der Waals surface area (Å²) >= 11 is 0. The van der Waals surface area contributed by atoms with Crippen LogP contribution in [0.2, 0.25) is 0 Å². The van der Waals surface area contributed by atoms with Gasteiger partial charge >= 0.3 is 6.18 Å². The lowest BCUT2D eigenvalue weighted by Gasteiger charge is -2.06. The van der Waals surface area contributed by atoms with Gasteiger partial charge in [0.1, 0.15) is 0 Å². The first-order valence-corrected chi connectivity index (χ1v) is 2.22. The zero-order valence-corrected chi connectivity index (χ0v) is 4.70. The number of hydrogen-bond donors (Lipinski definition) is 1. The van der Waals surface area contributed by atoms with Crippen molar-refractivity contribution in [3.05, 3.63) is 0 Å². The van der Waals surface area contributed by atoms with Gasteiger partial charge in [-0.15, -0.1) is 0 Å². The van der Waals surface area contributed by atoms with E-state index in [1.165, 1.54) is 0 Å². The first kappa shape index (κ1) is 8.42. The smallest absolute Gasteiger partial charge is 0.321 e. The van der Waals surface area contributed by atoms with Crippen molar-refractivity contribution in [2.45, 2.75) is 19.1 Å². The molecule has 0 aliphatic rings. The van der Waals surface area contributed by atoms with Crippen LogP contribution in [0.25, 0.3) is 0 Å². The molecule has 9 heavy (non-hydrogen) atoms. The summed E-state index contributed by atoms with van der Waals surface area (Å²) in [7, 11) is 0. The van der Waals surface area contributed by atoms with Gasteiger partial charge in [0.15, 0.2) is 0 Å². The van der Waals surface area contributed by atoms with Gasteiger partial charge < -0.3 is 5.73 Å². The average molecular weight is 141 g/mol. The monoisotopic (exact) mass is 141 g/mol. The molecule has 1 unspecified atom stereocenters. The second-order valence-electron chi connectivity index (χ2n) is 1.65. The zero-order valence-electron chi connectivity index (χ0n) is 4.70. The SMILES string of the molecule is CC(N)C(=O)C(F)(F)F. The van der Waals surface area contributed by atoms with E-state index < -0.39 is 18.0 Å². The predicted molar refractivity (Wildman–Crippen MR) is 24.7 cm³/mol. The van der Waals surface area contributed by atoms with Gasteiger partial charge in [-0.1, -0.05) is 0 Å². The van der Waals surface area contributed by atoms with Crippen molar-refractivity contribution in [2.75, 3.05) is 0 Å². The highest BCUT2D eigenvalue weighted by Crippen LogP contribution is 2.16. The van der Waals surface area contributed by atoms with E-state index >= 15 is 0 Å². The lowest BCUT2D eigenvalue weighted by Crippen LogP contribution is -2.38. The van der Waals surface area contributed by atoms with Gasteiger partial charge in [-0.25, -0.2) is 0 Å². The summed E-state index contributed by atoms with van der Waals surface area (Å²) in [6, 6.07) is -1.45. The van der Waals surface area contributed by atoms with Crippen LogP contribution < -0.4 is 5.73 Å². The fourth-order valence-corrected chi connectivity index (χ4v) is 0.258. The number of halogens is 3. The third-order valence-corrected chi connectivity index (χ3v) is 0.693. The Balaban J connectivity index is 4.06. The molecule has 0 aliphatic heterocycles. The Bertz CT molecular complexity index is 117. The molecule has 0 heterocycles. The molecule has 0 rings (SSSR count). The third kappa shape index (κ3) is 2.46. The van der Waals surface area contributed by atoms with E-state index in [4.69, 9.17) is 0 Å². The summed E-state index contributed by atoms with van der Waals surface area (Å²) in [6.07, 6.45) is -4.78. The van der Waals surface area contributed by atoms with Crippen LogP contribution in [-0.2, 0) is 4.79 Å². The number of carbonyl (C=O) groups is 1. The molecule has 1 atom stereocenters. The lowest BCUT2D eigenvalue weighted by atomic mass is 10.2. The Morgan fingerprint density at radius 1 is 1.56 bits per heavy atom. The number of alkyl halides is 3. The van der Waals surface area contributed by atoms with Crippen molar-refractivity contribution in [1.82, 2.24) is 0 Å². The molecule has 0 radical (unpaired) electrons. The maximum absolute atomic E-state index is 11.3. The van der Waals surface area contributed by atoms with Crippen molar-refractivity contribution < 1.29 is 18.0 Å². The molecule has 2 N–H and O–H groups in total. The summed E-state index contributed by atoms with van der Waals surface area (Å²) in [5, 5.41) is 0. The fraction of sp³-hybridized carbons (Fsp3) is 0.750. The van der Waals surface area contributed by atoms with Gasteiger partial charge in [0, 0.05) is 0 Å². The maximum atomic E-state index is 11.3. The number of rotatable bonds is 1. The Morgan fingerprint density at radius 2 is 1.89 bits per heavy atom. The average Bonchev–Trinajstić information content (AvgIpc) is 1.62. The summed E-state index contributed by atoms with van der Waals surface area (Å²) in [6.45, 7) is 0.996. The molecule has 0 aromatic carbocycles. The Hall–Kier alpha value is -0.580. The minimum absolute atomic E-state index is 0.996. The molecule has 0 amide bonds. The molecule has 2 nitrogen and oxygen atoms in total. The largest absolute Gasteiger partial charge is 0.451 e. The highest BCUT2D eigenvalue weighted by Gasteiger charge is 2.40. The van der Waals surface area contributed by atoms with E-state index in [-0.39, 0.29) is 0 Å². The number of Topliss-reactive ketones (excluding diaryl/α,β-unsaturated/α-hetero) is 1. The summed E-state index contributed by atoms with van der Waals surface area (Å²) in [5.41, 5.74) is 4.65. The van der Waals surface area contributed by atoms with Crippen molar-refractivity contribution in [3.63, 3.8) is 0 Å². The van der Waals surface area contributed by atoms with E-state index in [0.29, 0.717) is 0 Å². The quantitative estimate of drug-likeness (QED) is 0.576. The molecular formula is C4H6F3NO. The highest BCUT2D eigenvalue weighted by atomic mass is 19.4. The van der Waals surface area contributed by atoms with Crippen LogP contribution in [0.5, 0.6) is 0 Å². The lowest BCUT2D eigenvalue weighted by molar-refractivity contribution is -0.172. The Labute approximate surface area is 49.8 Å². The van der Waals surface area contributed by atoms with Crippen LogP contribution in [0.1, 0.15) is 6.92 Å². The van der Waals surface area contributed by atoms with Crippen LogP contribution in [0.4, 0.5) is 13.2 Å². The van der Waals surface area contributed by atoms with E-state index in [1.54, 1.807) is 0 Å². The molecule has 0 aromatic heterocycles. The molecule has 0 saturated heterocycles. The van der Waals surface area contributed by atoms with Crippen molar-refractivity contribution in [2.24, 2.45) is 5.73 Å².